The molecule has 2 amide bonds. The Bertz CT molecular complexity index is 799. The molecule has 0 spiro atoms. The first-order valence-corrected chi connectivity index (χ1v) is 10.9. The molecule has 0 unspecified atom stereocenters. The number of aryl methyl sites for hydroxylation is 1. The van der Waals surface area contributed by atoms with E-state index in [-0.39, 0.29) is 35.4 Å². The lowest BCUT2D eigenvalue weighted by Gasteiger charge is -2.27. The Morgan fingerprint density at radius 2 is 1.79 bits per heavy atom. The number of carbonyl (C=O) groups excluding carboxylic acids is 2. The highest BCUT2D eigenvalue weighted by Crippen LogP contribution is 2.52. The lowest BCUT2D eigenvalue weighted by atomic mass is 9.78. The molecule has 3 aliphatic rings. The molecule has 3 aliphatic carbocycles. The lowest BCUT2D eigenvalue weighted by molar-refractivity contribution is -0.148. The highest BCUT2D eigenvalue weighted by Gasteiger charge is 2.54. The Balaban J connectivity index is 1.50. The molecule has 3 saturated carbocycles. The van der Waals surface area contributed by atoms with Crippen molar-refractivity contribution in [2.45, 2.75) is 70.9 Å². The molecule has 8 heteroatoms. The third-order valence-corrected chi connectivity index (χ3v) is 7.00. The molecule has 4 atom stereocenters. The van der Waals surface area contributed by atoms with E-state index >= 15 is 0 Å². The van der Waals surface area contributed by atoms with Crippen molar-refractivity contribution in [1.29, 1.82) is 0 Å². The van der Waals surface area contributed by atoms with Gasteiger partial charge in [-0.25, -0.2) is 0 Å². The second-order valence-electron chi connectivity index (χ2n) is 8.77. The van der Waals surface area contributed by atoms with Gasteiger partial charge in [0.25, 0.3) is 5.91 Å². The molecule has 2 bridgehead atoms. The molecule has 29 heavy (non-hydrogen) atoms. The van der Waals surface area contributed by atoms with Crippen molar-refractivity contribution in [3.63, 3.8) is 0 Å². The summed E-state index contributed by atoms with van der Waals surface area (Å²) in [5.74, 6) is -2.44. The summed E-state index contributed by atoms with van der Waals surface area (Å²) in [6.45, 7) is 2.49. The van der Waals surface area contributed by atoms with Crippen LogP contribution in [-0.2, 0) is 16.1 Å². The standard InChI is InChI=1S/C21H30N4O4/c1-2-25-11-15(18(24-25)20(27)22-14-6-4-3-5-7-14)23-19(26)16-12-8-9-13(10-12)17(16)21(28)29/h11-14,16-17H,2-10H2,1H3,(H,22,27)(H,23,26)(H,28,29)/t12-,13-,16-,17+/m0/s1. The van der Waals surface area contributed by atoms with Crippen LogP contribution < -0.4 is 10.6 Å². The predicted octanol–water partition coefficient (Wildman–Crippen LogP) is 2.65. The van der Waals surface area contributed by atoms with E-state index in [4.69, 9.17) is 0 Å². The van der Waals surface area contributed by atoms with Gasteiger partial charge in [0.1, 0.15) is 0 Å². The third-order valence-electron chi connectivity index (χ3n) is 7.00. The highest BCUT2D eigenvalue weighted by atomic mass is 16.4. The van der Waals surface area contributed by atoms with E-state index in [9.17, 15) is 19.5 Å². The zero-order valence-corrected chi connectivity index (χ0v) is 16.9. The average molecular weight is 402 g/mol. The Morgan fingerprint density at radius 1 is 1.10 bits per heavy atom. The Kier molecular flexibility index (Phi) is 5.61. The molecule has 0 radical (unpaired) electrons. The fourth-order valence-corrected chi connectivity index (χ4v) is 5.58. The maximum Gasteiger partial charge on any atom is 0.307 e. The van der Waals surface area contributed by atoms with E-state index in [0.29, 0.717) is 12.2 Å². The number of aromatic nitrogens is 2. The number of amides is 2. The van der Waals surface area contributed by atoms with E-state index in [1.807, 2.05) is 6.92 Å². The zero-order valence-electron chi connectivity index (χ0n) is 16.9. The molecule has 1 aromatic heterocycles. The maximum absolute atomic E-state index is 13.0. The summed E-state index contributed by atoms with van der Waals surface area (Å²) in [6, 6.07) is 0.147. The van der Waals surface area contributed by atoms with E-state index in [0.717, 1.165) is 44.9 Å². The summed E-state index contributed by atoms with van der Waals surface area (Å²) in [4.78, 5) is 37.6. The second kappa shape index (κ2) is 8.16. The summed E-state index contributed by atoms with van der Waals surface area (Å²) < 4.78 is 1.63. The number of carbonyl (C=O) groups is 3. The van der Waals surface area contributed by atoms with Crippen molar-refractivity contribution < 1.29 is 19.5 Å². The molecule has 158 valence electrons. The van der Waals surface area contributed by atoms with Gasteiger partial charge in [-0.3, -0.25) is 19.1 Å². The number of nitrogens with zero attached hydrogens (tertiary/aromatic N) is 2. The van der Waals surface area contributed by atoms with Crippen LogP contribution in [0.15, 0.2) is 6.20 Å². The summed E-state index contributed by atoms with van der Waals surface area (Å²) in [5.41, 5.74) is 0.581. The second-order valence-corrected chi connectivity index (χ2v) is 8.77. The normalized spacial score (nSPS) is 29.0. The summed E-state index contributed by atoms with van der Waals surface area (Å²) in [5, 5.41) is 19.9. The van der Waals surface area contributed by atoms with Gasteiger partial charge in [-0.05, 0) is 50.9 Å². The number of carboxylic acids is 1. The van der Waals surface area contributed by atoms with Gasteiger partial charge in [-0.2, -0.15) is 5.10 Å². The van der Waals surface area contributed by atoms with Gasteiger partial charge in [0, 0.05) is 18.8 Å². The van der Waals surface area contributed by atoms with Crippen LogP contribution in [0.25, 0.3) is 0 Å². The minimum absolute atomic E-state index is 0.0840. The van der Waals surface area contributed by atoms with Gasteiger partial charge in [-0.15, -0.1) is 0 Å². The van der Waals surface area contributed by atoms with Crippen molar-refractivity contribution in [3.05, 3.63) is 11.9 Å². The van der Waals surface area contributed by atoms with E-state index in [1.165, 1.54) is 6.42 Å². The van der Waals surface area contributed by atoms with Crippen LogP contribution in [0.2, 0.25) is 0 Å². The van der Waals surface area contributed by atoms with Crippen LogP contribution >= 0.6 is 0 Å². The molecule has 1 aromatic rings. The van der Waals surface area contributed by atoms with Crippen LogP contribution in [0.5, 0.6) is 0 Å². The minimum atomic E-state index is -0.892. The molecule has 0 aliphatic heterocycles. The molecular formula is C21H30N4O4. The van der Waals surface area contributed by atoms with Gasteiger partial charge in [0.2, 0.25) is 5.91 Å². The molecule has 1 heterocycles. The predicted molar refractivity (Wildman–Crippen MR) is 106 cm³/mol. The topological polar surface area (TPSA) is 113 Å². The number of fused-ring (bicyclic) bond motifs is 2. The first-order valence-electron chi connectivity index (χ1n) is 10.9. The van der Waals surface area contributed by atoms with Gasteiger partial charge < -0.3 is 15.7 Å². The average Bonchev–Trinajstić information content (AvgIpc) is 3.42. The fraction of sp³-hybridized carbons (Fsp3) is 0.714. The van der Waals surface area contributed by atoms with E-state index < -0.39 is 17.8 Å². The molecule has 0 aromatic carbocycles. The number of nitrogens with one attached hydrogen (secondary N) is 2. The minimum Gasteiger partial charge on any atom is -0.481 e. The SMILES string of the molecule is CCn1cc(NC(=O)[C@H]2[C@H]3CC[C@@H](C3)[C@H]2C(=O)O)c(C(=O)NC2CCCCC2)n1. The Labute approximate surface area is 170 Å². The molecule has 4 rings (SSSR count). The van der Waals surface area contributed by atoms with Crippen LogP contribution in [0, 0.1) is 23.7 Å². The molecule has 0 saturated heterocycles. The van der Waals surface area contributed by atoms with Gasteiger partial charge in [0.05, 0.1) is 17.5 Å². The number of anilines is 1. The number of aliphatic carboxylic acids is 1. The molecule has 3 N–H and O–H groups in total. The van der Waals surface area contributed by atoms with Gasteiger partial charge >= 0.3 is 5.97 Å². The number of hydrogen-bond acceptors (Lipinski definition) is 4. The molecular weight excluding hydrogens is 372 g/mol. The first kappa shape index (κ1) is 19.9. The summed E-state index contributed by atoms with van der Waals surface area (Å²) >= 11 is 0. The van der Waals surface area contributed by atoms with Crippen molar-refractivity contribution in [2.24, 2.45) is 23.7 Å². The van der Waals surface area contributed by atoms with Crippen LogP contribution in [0.4, 0.5) is 5.69 Å². The quantitative estimate of drug-likeness (QED) is 0.677. The number of rotatable bonds is 6. The van der Waals surface area contributed by atoms with Crippen molar-refractivity contribution in [1.82, 2.24) is 15.1 Å². The van der Waals surface area contributed by atoms with Gasteiger partial charge in [-0.1, -0.05) is 19.3 Å². The largest absolute Gasteiger partial charge is 0.481 e. The van der Waals surface area contributed by atoms with Crippen molar-refractivity contribution >= 4 is 23.5 Å². The molecule has 8 nitrogen and oxygen atoms in total. The summed E-state index contributed by atoms with van der Waals surface area (Å²) in [6.07, 6.45) is 9.60. The van der Waals surface area contributed by atoms with Crippen LogP contribution in [0.1, 0.15) is 68.8 Å². The smallest absolute Gasteiger partial charge is 0.307 e. The summed E-state index contributed by atoms with van der Waals surface area (Å²) in [7, 11) is 0. The Morgan fingerprint density at radius 3 is 2.45 bits per heavy atom. The number of carboxylic acid groups (broad SMARTS) is 1. The van der Waals surface area contributed by atoms with E-state index in [2.05, 4.69) is 15.7 Å². The maximum atomic E-state index is 13.0. The van der Waals surface area contributed by atoms with E-state index in [1.54, 1.807) is 10.9 Å². The first-order chi connectivity index (χ1) is 14.0. The van der Waals surface area contributed by atoms with Crippen LogP contribution in [-0.4, -0.2) is 38.7 Å². The Hall–Kier alpha value is -2.38. The third kappa shape index (κ3) is 3.89. The monoisotopic (exact) mass is 402 g/mol. The van der Waals surface area contributed by atoms with Crippen molar-refractivity contribution in [2.75, 3.05) is 5.32 Å². The molecule has 3 fully saturated rings. The fourth-order valence-electron chi connectivity index (χ4n) is 5.58. The zero-order chi connectivity index (χ0) is 20.5. The number of hydrogen-bond donors (Lipinski definition) is 3. The lowest BCUT2D eigenvalue weighted by Crippen LogP contribution is -2.39. The van der Waals surface area contributed by atoms with Crippen LogP contribution in [0.3, 0.4) is 0 Å². The highest BCUT2D eigenvalue weighted by molar-refractivity contribution is 6.03. The van der Waals surface area contributed by atoms with Crippen molar-refractivity contribution in [3.8, 4) is 0 Å². The van der Waals surface area contributed by atoms with Gasteiger partial charge in [0.15, 0.2) is 5.69 Å².